The molecule has 1 amide bonds. The molecule has 0 aliphatic carbocycles. The maximum atomic E-state index is 12.1. The number of aromatic nitrogens is 1. The molecule has 3 N–H and O–H groups in total. The van der Waals surface area contributed by atoms with E-state index in [2.05, 4.69) is 10.3 Å². The van der Waals surface area contributed by atoms with Crippen molar-refractivity contribution >= 4 is 39.6 Å². The van der Waals surface area contributed by atoms with Gasteiger partial charge in [0.25, 0.3) is 5.91 Å². The van der Waals surface area contributed by atoms with Crippen LogP contribution < -0.4 is 11.1 Å². The first-order valence-electron chi connectivity index (χ1n) is 6.28. The van der Waals surface area contributed by atoms with Crippen molar-refractivity contribution in [2.75, 3.05) is 11.9 Å². The number of nitrogens with one attached hydrogen (secondary N) is 1. The van der Waals surface area contributed by atoms with Gasteiger partial charge >= 0.3 is 5.97 Å². The van der Waals surface area contributed by atoms with Crippen LogP contribution in [0.1, 0.15) is 37.7 Å². The zero-order valence-electron chi connectivity index (χ0n) is 11.6. The molecule has 0 saturated carbocycles. The van der Waals surface area contributed by atoms with E-state index in [0.717, 1.165) is 4.88 Å². The second-order valence-electron chi connectivity index (χ2n) is 4.11. The van der Waals surface area contributed by atoms with Crippen molar-refractivity contribution in [3.63, 3.8) is 0 Å². The number of ether oxygens (including phenoxy) is 1. The number of thiophene rings is 1. The van der Waals surface area contributed by atoms with Gasteiger partial charge in [-0.2, -0.15) is 0 Å². The first-order valence-corrected chi connectivity index (χ1v) is 7.98. The normalized spacial score (nSPS) is 10.4. The fraction of sp³-hybridized carbons (Fsp3) is 0.308. The minimum atomic E-state index is -0.446. The first kappa shape index (κ1) is 15.6. The Balaban J connectivity index is 2.19. The van der Waals surface area contributed by atoms with Crippen LogP contribution in [0.4, 0.5) is 5.00 Å². The van der Waals surface area contributed by atoms with E-state index in [0.29, 0.717) is 27.8 Å². The summed E-state index contributed by atoms with van der Waals surface area (Å²) >= 11 is 2.65. The molecule has 0 fully saturated rings. The summed E-state index contributed by atoms with van der Waals surface area (Å²) < 4.78 is 4.98. The standard InChI is InChI=1S/C13H15N3O3S2/c1-3-19-13(18)8-4-7(2)21-12(8)16-11(17)9-6-20-10(5-14)15-9/h4,6H,3,5,14H2,1-2H3,(H,16,17). The Morgan fingerprint density at radius 1 is 1.48 bits per heavy atom. The van der Waals surface area contributed by atoms with E-state index in [1.807, 2.05) is 6.92 Å². The molecule has 0 spiro atoms. The molecule has 2 heterocycles. The summed E-state index contributed by atoms with van der Waals surface area (Å²) in [4.78, 5) is 29.0. The number of anilines is 1. The van der Waals surface area contributed by atoms with E-state index in [1.54, 1.807) is 18.4 Å². The number of carbonyl (C=O) groups is 2. The third-order valence-electron chi connectivity index (χ3n) is 2.54. The van der Waals surface area contributed by atoms with Gasteiger partial charge in [-0.15, -0.1) is 22.7 Å². The average molecular weight is 325 g/mol. The Morgan fingerprint density at radius 3 is 2.86 bits per heavy atom. The third-order valence-corrected chi connectivity index (χ3v) is 4.37. The van der Waals surface area contributed by atoms with Gasteiger partial charge in [0, 0.05) is 16.8 Å². The van der Waals surface area contributed by atoms with Crippen LogP contribution in [0.15, 0.2) is 11.4 Å². The molecular weight excluding hydrogens is 310 g/mol. The van der Waals surface area contributed by atoms with E-state index in [1.165, 1.54) is 22.7 Å². The van der Waals surface area contributed by atoms with E-state index in [-0.39, 0.29) is 12.5 Å². The summed E-state index contributed by atoms with van der Waals surface area (Å²) in [6.45, 7) is 4.18. The Hall–Kier alpha value is -1.77. The summed E-state index contributed by atoms with van der Waals surface area (Å²) in [7, 11) is 0. The average Bonchev–Trinajstić information content (AvgIpc) is 3.05. The van der Waals surface area contributed by atoms with Gasteiger partial charge in [-0.05, 0) is 19.9 Å². The second kappa shape index (κ2) is 6.79. The molecule has 2 rings (SSSR count). The highest BCUT2D eigenvalue weighted by Crippen LogP contribution is 2.28. The SMILES string of the molecule is CCOC(=O)c1cc(C)sc1NC(=O)c1csc(CN)n1. The highest BCUT2D eigenvalue weighted by Gasteiger charge is 2.19. The number of nitrogens with zero attached hydrogens (tertiary/aromatic N) is 1. The summed E-state index contributed by atoms with van der Waals surface area (Å²) in [5.41, 5.74) is 6.13. The molecule has 0 atom stereocenters. The molecule has 2 aromatic heterocycles. The molecule has 6 nitrogen and oxygen atoms in total. The van der Waals surface area contributed by atoms with Gasteiger partial charge in [0.15, 0.2) is 0 Å². The molecule has 0 radical (unpaired) electrons. The molecule has 0 bridgehead atoms. The number of rotatable bonds is 5. The fourth-order valence-corrected chi connectivity index (χ4v) is 3.19. The number of carbonyl (C=O) groups excluding carboxylic acids is 2. The van der Waals surface area contributed by atoms with Gasteiger partial charge in [0.05, 0.1) is 12.2 Å². The van der Waals surface area contributed by atoms with Crippen molar-refractivity contribution in [1.29, 1.82) is 0 Å². The van der Waals surface area contributed by atoms with Gasteiger partial charge in [0.2, 0.25) is 0 Å². The van der Waals surface area contributed by atoms with Crippen molar-refractivity contribution in [2.24, 2.45) is 5.73 Å². The predicted molar refractivity (Wildman–Crippen MR) is 83.0 cm³/mol. The molecule has 0 saturated heterocycles. The van der Waals surface area contributed by atoms with Crippen LogP contribution in [0.3, 0.4) is 0 Å². The van der Waals surface area contributed by atoms with Crippen LogP contribution in [0.5, 0.6) is 0 Å². The second-order valence-corrected chi connectivity index (χ2v) is 6.30. The van der Waals surface area contributed by atoms with Gasteiger partial charge < -0.3 is 15.8 Å². The molecular formula is C13H15N3O3S2. The highest BCUT2D eigenvalue weighted by atomic mass is 32.1. The lowest BCUT2D eigenvalue weighted by molar-refractivity contribution is 0.0528. The summed E-state index contributed by atoms with van der Waals surface area (Å²) in [6.07, 6.45) is 0. The Kier molecular flexibility index (Phi) is 5.05. The van der Waals surface area contributed by atoms with Crippen molar-refractivity contribution < 1.29 is 14.3 Å². The molecule has 0 aromatic carbocycles. The number of esters is 1. The number of hydrogen-bond donors (Lipinski definition) is 2. The van der Waals surface area contributed by atoms with Gasteiger partial charge in [-0.3, -0.25) is 4.79 Å². The Morgan fingerprint density at radius 2 is 2.24 bits per heavy atom. The highest BCUT2D eigenvalue weighted by molar-refractivity contribution is 7.16. The number of aryl methyl sites for hydroxylation is 1. The molecule has 0 unspecified atom stereocenters. The number of thiazole rings is 1. The van der Waals surface area contributed by atoms with Crippen LogP contribution in [0, 0.1) is 6.92 Å². The van der Waals surface area contributed by atoms with Crippen molar-refractivity contribution in [1.82, 2.24) is 4.98 Å². The minimum Gasteiger partial charge on any atom is -0.462 e. The molecule has 21 heavy (non-hydrogen) atoms. The first-order chi connectivity index (χ1) is 10.0. The van der Waals surface area contributed by atoms with Crippen LogP contribution in [0.2, 0.25) is 0 Å². The van der Waals surface area contributed by atoms with E-state index < -0.39 is 5.97 Å². The quantitative estimate of drug-likeness (QED) is 0.823. The lowest BCUT2D eigenvalue weighted by Crippen LogP contribution is -2.14. The summed E-state index contributed by atoms with van der Waals surface area (Å²) in [6, 6.07) is 1.70. The lowest BCUT2D eigenvalue weighted by Gasteiger charge is -2.04. The molecule has 0 aliphatic heterocycles. The smallest absolute Gasteiger partial charge is 0.341 e. The molecule has 8 heteroatoms. The van der Waals surface area contributed by atoms with Crippen LogP contribution >= 0.6 is 22.7 Å². The van der Waals surface area contributed by atoms with Crippen molar-refractivity contribution in [3.05, 3.63) is 32.6 Å². The van der Waals surface area contributed by atoms with Crippen molar-refractivity contribution in [3.8, 4) is 0 Å². The molecule has 0 aliphatic rings. The van der Waals surface area contributed by atoms with Gasteiger partial charge in [-0.1, -0.05) is 0 Å². The Bertz CT molecular complexity index is 663. The van der Waals surface area contributed by atoms with Crippen molar-refractivity contribution in [2.45, 2.75) is 20.4 Å². The van der Waals surface area contributed by atoms with E-state index >= 15 is 0 Å². The fourth-order valence-electron chi connectivity index (χ4n) is 1.64. The maximum absolute atomic E-state index is 12.1. The zero-order valence-corrected chi connectivity index (χ0v) is 13.3. The van der Waals surface area contributed by atoms with Gasteiger partial charge in [-0.25, -0.2) is 9.78 Å². The van der Waals surface area contributed by atoms with E-state index in [4.69, 9.17) is 10.5 Å². The zero-order chi connectivity index (χ0) is 15.4. The predicted octanol–water partition coefficient (Wildman–Crippen LogP) is 2.40. The van der Waals surface area contributed by atoms with Crippen LogP contribution in [0.25, 0.3) is 0 Å². The minimum absolute atomic E-state index is 0.285. The number of nitrogens with two attached hydrogens (primary N) is 1. The van der Waals surface area contributed by atoms with Gasteiger partial charge in [0.1, 0.15) is 15.7 Å². The van der Waals surface area contributed by atoms with E-state index in [9.17, 15) is 9.59 Å². The topological polar surface area (TPSA) is 94.3 Å². The largest absolute Gasteiger partial charge is 0.462 e. The lowest BCUT2D eigenvalue weighted by atomic mass is 10.3. The monoisotopic (exact) mass is 325 g/mol. The molecule has 112 valence electrons. The number of hydrogen-bond acceptors (Lipinski definition) is 7. The Labute approximate surface area is 130 Å². The van der Waals surface area contributed by atoms with Crippen LogP contribution in [-0.2, 0) is 11.3 Å². The maximum Gasteiger partial charge on any atom is 0.341 e. The summed E-state index contributed by atoms with van der Waals surface area (Å²) in [5.74, 6) is -0.809. The molecule has 2 aromatic rings. The number of amides is 1. The third kappa shape index (κ3) is 3.66. The van der Waals surface area contributed by atoms with Crippen LogP contribution in [-0.4, -0.2) is 23.5 Å². The summed E-state index contributed by atoms with van der Waals surface area (Å²) in [5, 5.41) is 5.51.